The Labute approximate surface area is 57.1 Å². The van der Waals surface area contributed by atoms with E-state index in [1.54, 1.807) is 0 Å². The third-order valence-electron chi connectivity index (χ3n) is 0.887. The summed E-state index contributed by atoms with van der Waals surface area (Å²) < 4.78 is 5.12. The number of rotatable bonds is 4. The molecule has 0 saturated carbocycles. The van der Waals surface area contributed by atoms with Crippen LogP contribution in [0.25, 0.3) is 0 Å². The highest BCUT2D eigenvalue weighted by Crippen LogP contribution is 1.88. The summed E-state index contributed by atoms with van der Waals surface area (Å²) in [5.74, 6) is 0.789. The lowest BCUT2D eigenvalue weighted by Crippen LogP contribution is -2.17. The van der Waals surface area contributed by atoms with Gasteiger partial charge in [-0.15, -0.1) is 0 Å². The lowest BCUT2D eigenvalue weighted by Gasteiger charge is -2.09. The molecule has 0 aliphatic rings. The predicted octanol–water partition coefficient (Wildman–Crippen LogP) is 1.10. The summed E-state index contributed by atoms with van der Waals surface area (Å²) in [5.41, 5.74) is 0. The quantitative estimate of drug-likeness (QED) is 0.527. The lowest BCUT2D eigenvalue weighted by molar-refractivity contribution is 0.186. The Morgan fingerprint density at radius 1 is 1.56 bits per heavy atom. The van der Waals surface area contributed by atoms with Crippen LogP contribution in [0.4, 0.5) is 0 Å². The molecule has 2 nitrogen and oxygen atoms in total. The molecule has 9 heavy (non-hydrogen) atoms. The van der Waals surface area contributed by atoms with Crippen LogP contribution in [-0.4, -0.2) is 32.1 Å². The molecule has 0 saturated heterocycles. The van der Waals surface area contributed by atoms with Gasteiger partial charge >= 0.3 is 0 Å². The highest BCUT2D eigenvalue weighted by Gasteiger charge is 1.88. The molecule has 0 aromatic rings. The van der Waals surface area contributed by atoms with Gasteiger partial charge in [0.25, 0.3) is 0 Å². The van der Waals surface area contributed by atoms with Gasteiger partial charge in [0.15, 0.2) is 0 Å². The van der Waals surface area contributed by atoms with Crippen LogP contribution in [0.15, 0.2) is 12.3 Å². The van der Waals surface area contributed by atoms with Crippen LogP contribution in [0, 0.1) is 0 Å². The molecule has 0 radical (unpaired) electrons. The number of hydrogen-bond acceptors (Lipinski definition) is 2. The van der Waals surface area contributed by atoms with Crippen LogP contribution in [0.1, 0.15) is 6.92 Å². The number of hydrogen-bond donors (Lipinski definition) is 0. The van der Waals surface area contributed by atoms with Crippen molar-refractivity contribution in [2.45, 2.75) is 6.92 Å². The normalized spacial score (nSPS) is 9.78. The zero-order chi connectivity index (χ0) is 7.28. The molecule has 0 aromatic heterocycles. The number of ether oxygens (including phenoxy) is 1. The first-order valence-electron chi connectivity index (χ1n) is 3.06. The third-order valence-corrected chi connectivity index (χ3v) is 0.887. The predicted molar refractivity (Wildman–Crippen MR) is 39.3 cm³/mol. The molecular formula is C7H15NO. The first kappa shape index (κ1) is 8.50. The lowest BCUT2D eigenvalue weighted by atomic mass is 10.6. The van der Waals surface area contributed by atoms with E-state index in [-0.39, 0.29) is 0 Å². The molecule has 0 rings (SSSR count). The summed E-state index contributed by atoms with van der Waals surface area (Å²) in [7, 11) is 4.03. The molecule has 0 fully saturated rings. The zero-order valence-corrected chi connectivity index (χ0v) is 6.48. The van der Waals surface area contributed by atoms with Crippen LogP contribution in [-0.2, 0) is 4.74 Å². The van der Waals surface area contributed by atoms with E-state index in [1.165, 1.54) is 0 Å². The minimum absolute atomic E-state index is 0.738. The van der Waals surface area contributed by atoms with Gasteiger partial charge in [-0.2, -0.15) is 0 Å². The maximum absolute atomic E-state index is 5.12. The Hall–Kier alpha value is -0.500. The molecule has 0 aromatic carbocycles. The summed E-state index contributed by atoms with van der Waals surface area (Å²) in [6, 6.07) is 0. The number of nitrogens with zero attached hydrogens (tertiary/aromatic N) is 1. The highest BCUT2D eigenvalue weighted by molar-refractivity contribution is 4.73. The molecule has 0 aliphatic carbocycles. The smallest absolute Gasteiger partial charge is 0.100 e. The Morgan fingerprint density at radius 2 is 2.11 bits per heavy atom. The van der Waals surface area contributed by atoms with Gasteiger partial charge in [0.1, 0.15) is 6.61 Å². The minimum Gasteiger partial charge on any atom is -0.498 e. The Bertz CT molecular complexity index is 88.9. The van der Waals surface area contributed by atoms with Crippen molar-refractivity contribution in [2.75, 3.05) is 27.2 Å². The second kappa shape index (κ2) is 4.39. The van der Waals surface area contributed by atoms with Crippen LogP contribution in [0.3, 0.4) is 0 Å². The van der Waals surface area contributed by atoms with Gasteiger partial charge in [-0.3, -0.25) is 0 Å². The van der Waals surface area contributed by atoms with E-state index in [1.807, 2.05) is 21.0 Å². The van der Waals surface area contributed by atoms with Crippen molar-refractivity contribution in [3.8, 4) is 0 Å². The Balaban J connectivity index is 3.01. The summed E-state index contributed by atoms with van der Waals surface area (Å²) in [5, 5.41) is 0. The average Bonchev–Trinajstić information content (AvgIpc) is 1.63. The second-order valence-electron chi connectivity index (χ2n) is 2.35. The van der Waals surface area contributed by atoms with E-state index in [0.717, 1.165) is 18.9 Å². The summed E-state index contributed by atoms with van der Waals surface area (Å²) >= 11 is 0. The van der Waals surface area contributed by atoms with Gasteiger partial charge in [0.2, 0.25) is 0 Å². The van der Waals surface area contributed by atoms with Crippen LogP contribution >= 0.6 is 0 Å². The van der Waals surface area contributed by atoms with Crippen molar-refractivity contribution in [1.29, 1.82) is 0 Å². The number of allylic oxidation sites excluding steroid dienone is 1. The van der Waals surface area contributed by atoms with Gasteiger partial charge in [0, 0.05) is 6.54 Å². The fraction of sp³-hybridized carbons (Fsp3) is 0.714. The molecule has 54 valence electrons. The van der Waals surface area contributed by atoms with Crippen molar-refractivity contribution in [2.24, 2.45) is 0 Å². The van der Waals surface area contributed by atoms with E-state index in [2.05, 4.69) is 11.5 Å². The fourth-order valence-corrected chi connectivity index (χ4v) is 0.402. The molecule has 0 atom stereocenters. The first-order chi connectivity index (χ1) is 4.13. The monoisotopic (exact) mass is 129 g/mol. The standard InChI is InChI=1S/C7H15NO/c1-7(2)9-6-5-8(3)4/h1,5-6H2,2-4H3. The SMILES string of the molecule is C=C(C)OCCN(C)C. The Kier molecular flexibility index (Phi) is 4.14. The van der Waals surface area contributed by atoms with Gasteiger partial charge in [-0.25, -0.2) is 0 Å². The maximum Gasteiger partial charge on any atom is 0.100 e. The molecular weight excluding hydrogens is 114 g/mol. The largest absolute Gasteiger partial charge is 0.498 e. The summed E-state index contributed by atoms with van der Waals surface area (Å²) in [4.78, 5) is 2.07. The molecule has 0 N–H and O–H groups in total. The molecule has 0 bridgehead atoms. The van der Waals surface area contributed by atoms with Gasteiger partial charge in [-0.05, 0) is 21.0 Å². The molecule has 0 spiro atoms. The van der Waals surface area contributed by atoms with Crippen molar-refractivity contribution < 1.29 is 4.74 Å². The summed E-state index contributed by atoms with van der Waals surface area (Å²) in [6.07, 6.45) is 0. The second-order valence-corrected chi connectivity index (χ2v) is 2.35. The van der Waals surface area contributed by atoms with Crippen molar-refractivity contribution in [3.63, 3.8) is 0 Å². The van der Waals surface area contributed by atoms with Crippen LogP contribution in [0.5, 0.6) is 0 Å². The van der Waals surface area contributed by atoms with E-state index in [0.29, 0.717) is 0 Å². The van der Waals surface area contributed by atoms with E-state index >= 15 is 0 Å². The minimum atomic E-state index is 0.738. The van der Waals surface area contributed by atoms with Crippen LogP contribution in [0.2, 0.25) is 0 Å². The number of likely N-dealkylation sites (N-methyl/N-ethyl adjacent to an activating group) is 1. The van der Waals surface area contributed by atoms with Gasteiger partial charge in [-0.1, -0.05) is 6.58 Å². The maximum atomic E-state index is 5.12. The van der Waals surface area contributed by atoms with E-state index in [4.69, 9.17) is 4.74 Å². The molecule has 2 heteroatoms. The summed E-state index contributed by atoms with van der Waals surface area (Å²) in [6.45, 7) is 7.16. The van der Waals surface area contributed by atoms with Gasteiger partial charge < -0.3 is 9.64 Å². The van der Waals surface area contributed by atoms with Crippen molar-refractivity contribution >= 4 is 0 Å². The molecule has 0 amide bonds. The molecule has 0 unspecified atom stereocenters. The van der Waals surface area contributed by atoms with Crippen molar-refractivity contribution in [1.82, 2.24) is 4.90 Å². The van der Waals surface area contributed by atoms with Crippen molar-refractivity contribution in [3.05, 3.63) is 12.3 Å². The topological polar surface area (TPSA) is 12.5 Å². The van der Waals surface area contributed by atoms with E-state index < -0.39 is 0 Å². The van der Waals surface area contributed by atoms with Crippen LogP contribution < -0.4 is 0 Å². The van der Waals surface area contributed by atoms with Gasteiger partial charge in [0.05, 0.1) is 5.76 Å². The fourth-order valence-electron chi connectivity index (χ4n) is 0.402. The zero-order valence-electron chi connectivity index (χ0n) is 6.48. The van der Waals surface area contributed by atoms with E-state index in [9.17, 15) is 0 Å². The highest BCUT2D eigenvalue weighted by atomic mass is 16.5. The molecule has 0 aliphatic heterocycles. The third kappa shape index (κ3) is 7.50. The molecule has 0 heterocycles. The first-order valence-corrected chi connectivity index (χ1v) is 3.06. The Morgan fingerprint density at radius 3 is 2.44 bits per heavy atom. The average molecular weight is 129 g/mol.